The normalized spacial score (nSPS) is 17.8. The number of aryl methyl sites for hydroxylation is 1. The van der Waals surface area contributed by atoms with E-state index in [9.17, 15) is 4.21 Å². The van der Waals surface area contributed by atoms with Gasteiger partial charge in [0.05, 0.1) is 11.0 Å². The maximum Gasteiger partial charge on any atom is 0.0886 e. The molecule has 1 aromatic carbocycles. The van der Waals surface area contributed by atoms with Crippen molar-refractivity contribution in [2.45, 2.75) is 13.5 Å². The van der Waals surface area contributed by atoms with E-state index >= 15 is 0 Å². The molecule has 1 aliphatic heterocycles. The topological polar surface area (TPSA) is 44.4 Å². The zero-order valence-corrected chi connectivity index (χ0v) is 11.8. The van der Waals surface area contributed by atoms with Crippen LogP contribution in [0.25, 0.3) is 0 Å². The molecule has 1 saturated heterocycles. The van der Waals surface area contributed by atoms with Crippen LogP contribution in [0.4, 0.5) is 5.69 Å². The van der Waals surface area contributed by atoms with Crippen molar-refractivity contribution in [1.29, 1.82) is 0 Å². The van der Waals surface area contributed by atoms with Crippen LogP contribution >= 0.6 is 0 Å². The highest BCUT2D eigenvalue weighted by molar-refractivity contribution is 7.82. The summed E-state index contributed by atoms with van der Waals surface area (Å²) in [5, 5.41) is 3.36. The zero-order chi connectivity index (χ0) is 13.0. The fraction of sp³-hybridized carbons (Fsp3) is 0.538. The Morgan fingerprint density at radius 2 is 2.11 bits per heavy atom. The predicted molar refractivity (Wildman–Crippen MR) is 77.2 cm³/mol. The minimum Gasteiger partial charge on any atom is -0.369 e. The van der Waals surface area contributed by atoms with E-state index in [2.05, 4.69) is 40.1 Å². The second kappa shape index (κ2) is 6.31. The number of piperazine rings is 1. The third-order valence-corrected chi connectivity index (χ3v) is 3.71. The molecule has 1 atom stereocenters. The van der Waals surface area contributed by atoms with Crippen LogP contribution in [-0.2, 0) is 17.5 Å². The van der Waals surface area contributed by atoms with E-state index in [1.807, 2.05) is 0 Å². The lowest BCUT2D eigenvalue weighted by atomic mass is 10.1. The Balaban J connectivity index is 2.18. The molecule has 0 aromatic heterocycles. The molecular formula is C13H21N3OS. The summed E-state index contributed by atoms with van der Waals surface area (Å²) in [5.41, 5.74) is 3.74. The molecule has 1 aliphatic rings. The minimum atomic E-state index is -0.967. The molecule has 1 fully saturated rings. The van der Waals surface area contributed by atoms with Crippen molar-refractivity contribution < 1.29 is 4.21 Å². The van der Waals surface area contributed by atoms with Gasteiger partial charge in [0.1, 0.15) is 0 Å². The average Bonchev–Trinajstić information content (AvgIpc) is 2.37. The third kappa shape index (κ3) is 3.54. The Morgan fingerprint density at radius 1 is 1.39 bits per heavy atom. The summed E-state index contributed by atoms with van der Waals surface area (Å²) in [6, 6.07) is 6.50. The van der Waals surface area contributed by atoms with Crippen LogP contribution in [0.15, 0.2) is 18.2 Å². The SMILES string of the molecule is Cc1ccc(N2CCNCC2)c(CNS(C)=O)c1. The number of hydrogen-bond donors (Lipinski definition) is 2. The maximum atomic E-state index is 11.2. The van der Waals surface area contributed by atoms with Crippen LogP contribution in [0, 0.1) is 6.92 Å². The van der Waals surface area contributed by atoms with E-state index in [4.69, 9.17) is 0 Å². The van der Waals surface area contributed by atoms with Crippen LogP contribution in [-0.4, -0.2) is 36.6 Å². The highest BCUT2D eigenvalue weighted by Crippen LogP contribution is 2.22. The second-order valence-electron chi connectivity index (χ2n) is 4.64. The van der Waals surface area contributed by atoms with Gasteiger partial charge in [0.25, 0.3) is 0 Å². The first kappa shape index (κ1) is 13.5. The molecule has 0 radical (unpaired) electrons. The van der Waals surface area contributed by atoms with Gasteiger partial charge < -0.3 is 10.2 Å². The average molecular weight is 267 g/mol. The molecule has 1 aromatic rings. The lowest BCUT2D eigenvalue weighted by Gasteiger charge is -2.31. The molecule has 1 unspecified atom stereocenters. The highest BCUT2D eigenvalue weighted by Gasteiger charge is 2.14. The molecule has 2 rings (SSSR count). The Bertz CT molecular complexity index is 430. The van der Waals surface area contributed by atoms with E-state index in [0.29, 0.717) is 6.54 Å². The first-order chi connectivity index (χ1) is 8.66. The van der Waals surface area contributed by atoms with Gasteiger partial charge in [-0.1, -0.05) is 17.7 Å². The first-order valence-electron chi connectivity index (χ1n) is 6.29. The van der Waals surface area contributed by atoms with Crippen LogP contribution in [0.3, 0.4) is 0 Å². The fourth-order valence-electron chi connectivity index (χ4n) is 2.25. The Morgan fingerprint density at radius 3 is 2.78 bits per heavy atom. The van der Waals surface area contributed by atoms with Crippen molar-refractivity contribution in [3.63, 3.8) is 0 Å². The van der Waals surface area contributed by atoms with Gasteiger partial charge in [-0.15, -0.1) is 0 Å². The third-order valence-electron chi connectivity index (χ3n) is 3.16. The molecule has 0 saturated carbocycles. The summed E-state index contributed by atoms with van der Waals surface area (Å²) in [4.78, 5) is 2.39. The number of nitrogens with one attached hydrogen (secondary N) is 2. The van der Waals surface area contributed by atoms with Crippen LogP contribution in [0.2, 0.25) is 0 Å². The Hall–Kier alpha value is -0.910. The summed E-state index contributed by atoms with van der Waals surface area (Å²) in [6.45, 7) is 6.87. The van der Waals surface area contributed by atoms with Gasteiger partial charge in [-0.05, 0) is 18.6 Å². The van der Waals surface area contributed by atoms with Gasteiger partial charge in [-0.2, -0.15) is 0 Å². The largest absolute Gasteiger partial charge is 0.369 e. The number of benzene rings is 1. The summed E-state index contributed by atoms with van der Waals surface area (Å²) in [6.07, 6.45) is 1.67. The Labute approximate surface area is 111 Å². The van der Waals surface area contributed by atoms with Crippen molar-refractivity contribution in [3.8, 4) is 0 Å². The van der Waals surface area contributed by atoms with Crippen molar-refractivity contribution >= 4 is 16.7 Å². The Kier molecular flexibility index (Phi) is 4.74. The molecule has 0 aliphatic carbocycles. The zero-order valence-electron chi connectivity index (χ0n) is 11.0. The van der Waals surface area contributed by atoms with Crippen LogP contribution in [0.5, 0.6) is 0 Å². The highest BCUT2D eigenvalue weighted by atomic mass is 32.2. The molecule has 100 valence electrons. The van der Waals surface area contributed by atoms with Gasteiger partial charge in [-0.3, -0.25) is 0 Å². The lowest BCUT2D eigenvalue weighted by molar-refractivity contribution is 0.587. The molecular weight excluding hydrogens is 246 g/mol. The fourth-order valence-corrected chi connectivity index (χ4v) is 2.61. The molecule has 2 N–H and O–H groups in total. The summed E-state index contributed by atoms with van der Waals surface area (Å²) in [7, 11) is -0.967. The second-order valence-corrected chi connectivity index (χ2v) is 5.84. The number of rotatable bonds is 4. The predicted octanol–water partition coefficient (Wildman–Crippen LogP) is 0.788. The standard InChI is InChI=1S/C13H21N3OS/c1-11-3-4-13(16-7-5-14-6-8-16)12(9-11)10-15-18(2)17/h3-4,9,14-15H,5-8,10H2,1-2H3. The van der Waals surface area contributed by atoms with Gasteiger partial charge in [0.15, 0.2) is 0 Å². The van der Waals surface area contributed by atoms with Gasteiger partial charge in [-0.25, -0.2) is 8.93 Å². The monoisotopic (exact) mass is 267 g/mol. The quantitative estimate of drug-likeness (QED) is 0.848. The van der Waals surface area contributed by atoms with Crippen molar-refractivity contribution in [3.05, 3.63) is 29.3 Å². The molecule has 18 heavy (non-hydrogen) atoms. The van der Waals surface area contributed by atoms with Crippen molar-refractivity contribution in [2.75, 3.05) is 37.3 Å². The molecule has 0 amide bonds. The summed E-state index contributed by atoms with van der Waals surface area (Å²) < 4.78 is 14.2. The van der Waals surface area contributed by atoms with Gasteiger partial charge >= 0.3 is 0 Å². The van der Waals surface area contributed by atoms with E-state index in [0.717, 1.165) is 26.2 Å². The van der Waals surface area contributed by atoms with E-state index in [-0.39, 0.29) is 0 Å². The first-order valence-corrected chi connectivity index (χ1v) is 7.85. The molecule has 0 bridgehead atoms. The van der Waals surface area contributed by atoms with Gasteiger partial charge in [0.2, 0.25) is 0 Å². The molecule has 4 nitrogen and oxygen atoms in total. The number of anilines is 1. The number of nitrogens with zero attached hydrogens (tertiary/aromatic N) is 1. The van der Waals surface area contributed by atoms with E-state index in [1.54, 1.807) is 6.26 Å². The summed E-state index contributed by atoms with van der Waals surface area (Å²) >= 11 is 0. The van der Waals surface area contributed by atoms with Crippen molar-refractivity contribution in [1.82, 2.24) is 10.0 Å². The molecule has 0 spiro atoms. The smallest absolute Gasteiger partial charge is 0.0886 e. The van der Waals surface area contributed by atoms with E-state index < -0.39 is 11.0 Å². The number of hydrogen-bond acceptors (Lipinski definition) is 3. The molecule has 5 heteroatoms. The van der Waals surface area contributed by atoms with E-state index in [1.165, 1.54) is 16.8 Å². The van der Waals surface area contributed by atoms with Crippen LogP contribution in [0.1, 0.15) is 11.1 Å². The van der Waals surface area contributed by atoms with Crippen LogP contribution < -0.4 is 14.9 Å². The lowest BCUT2D eigenvalue weighted by Crippen LogP contribution is -2.44. The minimum absolute atomic E-state index is 0.657. The maximum absolute atomic E-state index is 11.2. The summed E-state index contributed by atoms with van der Waals surface area (Å²) in [5.74, 6) is 0. The molecule has 1 heterocycles. The van der Waals surface area contributed by atoms with Crippen molar-refractivity contribution in [2.24, 2.45) is 0 Å². The van der Waals surface area contributed by atoms with Gasteiger partial charge in [0, 0.05) is 44.7 Å².